The molecule has 106 valence electrons. The van der Waals surface area contributed by atoms with Crippen LogP contribution in [0, 0.1) is 0 Å². The molecule has 1 aromatic heterocycles. The largest absolute Gasteiger partial charge is 0.508 e. The predicted molar refractivity (Wildman–Crippen MR) is 83.7 cm³/mol. The smallest absolute Gasteiger partial charge is 0.134 e. The van der Waals surface area contributed by atoms with Gasteiger partial charge < -0.3 is 15.2 Å². The SMILES string of the molecule is COc1ccc2c(NCc3ccccc3O)nccc2c1. The maximum Gasteiger partial charge on any atom is 0.134 e. The Hall–Kier alpha value is -2.75. The van der Waals surface area contributed by atoms with E-state index in [1.165, 1.54) is 0 Å². The molecule has 0 fully saturated rings. The van der Waals surface area contributed by atoms with E-state index < -0.39 is 0 Å². The van der Waals surface area contributed by atoms with Gasteiger partial charge in [0.15, 0.2) is 0 Å². The number of hydrogen-bond donors (Lipinski definition) is 2. The van der Waals surface area contributed by atoms with E-state index in [9.17, 15) is 5.11 Å². The first kappa shape index (κ1) is 13.2. The lowest BCUT2D eigenvalue weighted by Crippen LogP contribution is -2.02. The highest BCUT2D eigenvalue weighted by atomic mass is 16.5. The Morgan fingerprint density at radius 1 is 1.14 bits per heavy atom. The van der Waals surface area contributed by atoms with Crippen LogP contribution in [0.25, 0.3) is 10.8 Å². The fourth-order valence-electron chi connectivity index (χ4n) is 2.26. The third-order valence-corrected chi connectivity index (χ3v) is 3.41. The Kier molecular flexibility index (Phi) is 3.60. The van der Waals surface area contributed by atoms with Crippen molar-refractivity contribution in [3.05, 3.63) is 60.3 Å². The van der Waals surface area contributed by atoms with Gasteiger partial charge in [-0.15, -0.1) is 0 Å². The lowest BCUT2D eigenvalue weighted by Gasteiger charge is -2.10. The molecule has 1 heterocycles. The van der Waals surface area contributed by atoms with E-state index in [0.29, 0.717) is 6.54 Å². The van der Waals surface area contributed by atoms with Crippen molar-refractivity contribution in [2.24, 2.45) is 0 Å². The molecule has 0 aliphatic heterocycles. The van der Waals surface area contributed by atoms with Gasteiger partial charge in [0.05, 0.1) is 7.11 Å². The van der Waals surface area contributed by atoms with Crippen LogP contribution in [0.5, 0.6) is 11.5 Å². The third-order valence-electron chi connectivity index (χ3n) is 3.41. The molecule has 4 heteroatoms. The van der Waals surface area contributed by atoms with Crippen molar-refractivity contribution in [3.8, 4) is 11.5 Å². The van der Waals surface area contributed by atoms with Gasteiger partial charge in [-0.2, -0.15) is 0 Å². The molecule has 3 aromatic rings. The first-order chi connectivity index (χ1) is 10.3. The van der Waals surface area contributed by atoms with Crippen molar-refractivity contribution in [2.75, 3.05) is 12.4 Å². The second-order valence-electron chi connectivity index (χ2n) is 4.73. The monoisotopic (exact) mass is 280 g/mol. The standard InChI is InChI=1S/C17H16N2O2/c1-21-14-6-7-15-12(10-14)8-9-18-17(15)19-11-13-4-2-3-5-16(13)20/h2-10,20H,11H2,1H3,(H,18,19). The number of hydrogen-bond acceptors (Lipinski definition) is 4. The Bertz CT molecular complexity index is 772. The fraction of sp³-hybridized carbons (Fsp3) is 0.118. The molecule has 0 amide bonds. The van der Waals surface area contributed by atoms with Crippen LogP contribution < -0.4 is 10.1 Å². The van der Waals surface area contributed by atoms with Gasteiger partial charge in [0.2, 0.25) is 0 Å². The first-order valence-corrected chi connectivity index (χ1v) is 6.71. The van der Waals surface area contributed by atoms with E-state index in [-0.39, 0.29) is 5.75 Å². The zero-order chi connectivity index (χ0) is 14.7. The Labute approximate surface area is 123 Å². The third kappa shape index (κ3) is 2.74. The fourth-order valence-corrected chi connectivity index (χ4v) is 2.26. The van der Waals surface area contributed by atoms with E-state index in [1.807, 2.05) is 36.4 Å². The van der Waals surface area contributed by atoms with Gasteiger partial charge in [0.25, 0.3) is 0 Å². The summed E-state index contributed by atoms with van der Waals surface area (Å²) in [5.41, 5.74) is 0.838. The van der Waals surface area contributed by atoms with Gasteiger partial charge in [-0.1, -0.05) is 18.2 Å². The molecular weight excluding hydrogens is 264 g/mol. The number of nitrogens with one attached hydrogen (secondary N) is 1. The number of anilines is 1. The summed E-state index contributed by atoms with van der Waals surface area (Å²) in [7, 11) is 1.65. The van der Waals surface area contributed by atoms with Crippen molar-refractivity contribution in [1.82, 2.24) is 4.98 Å². The van der Waals surface area contributed by atoms with Gasteiger partial charge in [-0.25, -0.2) is 4.98 Å². The van der Waals surface area contributed by atoms with Crippen LogP contribution >= 0.6 is 0 Å². The second kappa shape index (κ2) is 5.71. The van der Waals surface area contributed by atoms with Gasteiger partial charge in [0.1, 0.15) is 17.3 Å². The summed E-state index contributed by atoms with van der Waals surface area (Å²) in [6.07, 6.45) is 1.76. The number of ether oxygens (including phenoxy) is 1. The number of phenols is 1. The molecule has 0 saturated heterocycles. The lowest BCUT2D eigenvalue weighted by molar-refractivity contribution is 0.415. The number of phenolic OH excluding ortho intramolecular Hbond substituents is 1. The lowest BCUT2D eigenvalue weighted by atomic mass is 10.1. The number of nitrogens with zero attached hydrogens (tertiary/aromatic N) is 1. The minimum Gasteiger partial charge on any atom is -0.508 e. The average Bonchev–Trinajstić information content (AvgIpc) is 2.53. The number of rotatable bonds is 4. The summed E-state index contributed by atoms with van der Waals surface area (Å²) in [6.45, 7) is 0.519. The van der Waals surface area contributed by atoms with Gasteiger partial charge >= 0.3 is 0 Å². The molecule has 3 rings (SSSR count). The summed E-state index contributed by atoms with van der Waals surface area (Å²) in [6, 6.07) is 15.1. The summed E-state index contributed by atoms with van der Waals surface area (Å²) < 4.78 is 5.23. The Morgan fingerprint density at radius 3 is 2.81 bits per heavy atom. The molecule has 0 aliphatic rings. The number of pyridine rings is 1. The van der Waals surface area contributed by atoms with E-state index in [4.69, 9.17) is 4.74 Å². The quantitative estimate of drug-likeness (QED) is 0.767. The maximum absolute atomic E-state index is 9.79. The summed E-state index contributed by atoms with van der Waals surface area (Å²) >= 11 is 0. The van der Waals surface area contributed by atoms with Crippen molar-refractivity contribution in [3.63, 3.8) is 0 Å². The highest BCUT2D eigenvalue weighted by molar-refractivity contribution is 5.92. The van der Waals surface area contributed by atoms with Crippen molar-refractivity contribution < 1.29 is 9.84 Å². The van der Waals surface area contributed by atoms with Crippen LogP contribution in [0.1, 0.15) is 5.56 Å². The Morgan fingerprint density at radius 2 is 2.00 bits per heavy atom. The zero-order valence-electron chi connectivity index (χ0n) is 11.7. The molecule has 21 heavy (non-hydrogen) atoms. The number of aromatic nitrogens is 1. The number of benzene rings is 2. The van der Waals surface area contributed by atoms with E-state index in [1.54, 1.807) is 25.4 Å². The van der Waals surface area contributed by atoms with E-state index in [0.717, 1.165) is 27.9 Å². The van der Waals surface area contributed by atoms with Gasteiger partial charge in [0, 0.05) is 23.7 Å². The average molecular weight is 280 g/mol. The zero-order valence-corrected chi connectivity index (χ0v) is 11.7. The van der Waals surface area contributed by atoms with Gasteiger partial charge in [-0.3, -0.25) is 0 Å². The molecule has 0 saturated carbocycles. The highest BCUT2D eigenvalue weighted by Gasteiger charge is 2.05. The molecule has 0 bridgehead atoms. The van der Waals surface area contributed by atoms with Crippen LogP contribution in [0.4, 0.5) is 5.82 Å². The molecule has 0 aliphatic carbocycles. The molecule has 4 nitrogen and oxygen atoms in total. The Balaban J connectivity index is 1.89. The molecular formula is C17H16N2O2. The van der Waals surface area contributed by atoms with Crippen LogP contribution in [0.15, 0.2) is 54.7 Å². The van der Waals surface area contributed by atoms with Crippen molar-refractivity contribution in [1.29, 1.82) is 0 Å². The summed E-state index contributed by atoms with van der Waals surface area (Å²) in [5, 5.41) is 15.1. The molecule has 0 unspecified atom stereocenters. The van der Waals surface area contributed by atoms with Crippen LogP contribution in [0.3, 0.4) is 0 Å². The maximum atomic E-state index is 9.79. The minimum atomic E-state index is 0.284. The van der Waals surface area contributed by atoms with Crippen molar-refractivity contribution in [2.45, 2.75) is 6.54 Å². The van der Waals surface area contributed by atoms with E-state index in [2.05, 4.69) is 10.3 Å². The topological polar surface area (TPSA) is 54.4 Å². The van der Waals surface area contributed by atoms with Crippen LogP contribution in [-0.4, -0.2) is 17.2 Å². The number of aromatic hydroxyl groups is 1. The first-order valence-electron chi connectivity index (χ1n) is 6.71. The predicted octanol–water partition coefficient (Wildman–Crippen LogP) is 3.56. The number of para-hydroxylation sites is 1. The number of fused-ring (bicyclic) bond motifs is 1. The molecule has 0 spiro atoms. The normalized spacial score (nSPS) is 10.5. The van der Waals surface area contributed by atoms with Gasteiger partial charge in [-0.05, 0) is 35.7 Å². The highest BCUT2D eigenvalue weighted by Crippen LogP contribution is 2.26. The molecule has 2 N–H and O–H groups in total. The van der Waals surface area contributed by atoms with Crippen LogP contribution in [0.2, 0.25) is 0 Å². The molecule has 0 radical (unpaired) electrons. The second-order valence-corrected chi connectivity index (χ2v) is 4.73. The number of methoxy groups -OCH3 is 1. The summed E-state index contributed by atoms with van der Waals surface area (Å²) in [5.74, 6) is 1.89. The van der Waals surface area contributed by atoms with Crippen LogP contribution in [-0.2, 0) is 6.54 Å². The molecule has 0 atom stereocenters. The van der Waals surface area contributed by atoms with E-state index >= 15 is 0 Å². The summed E-state index contributed by atoms with van der Waals surface area (Å²) in [4.78, 5) is 4.37. The van der Waals surface area contributed by atoms with Crippen molar-refractivity contribution >= 4 is 16.6 Å². The molecule has 2 aromatic carbocycles. The minimum absolute atomic E-state index is 0.284.